The Morgan fingerprint density at radius 1 is 1.62 bits per heavy atom. The predicted molar refractivity (Wildman–Crippen MR) is 42.4 cm³/mol. The number of amides is 1. The molecular weight excluding hydrogens is 174 g/mol. The highest BCUT2D eigenvalue weighted by atomic mass is 16.4. The number of carbonyl (C=O) groups is 2. The van der Waals surface area contributed by atoms with E-state index < -0.39 is 18.1 Å². The van der Waals surface area contributed by atoms with Crippen LogP contribution in [0.5, 0.6) is 0 Å². The SMILES string of the molecule is NC1CN2CCC(C(=O)O)N2C1=O. The summed E-state index contributed by atoms with van der Waals surface area (Å²) in [5.41, 5.74) is 5.51. The molecule has 2 saturated heterocycles. The third-order valence-corrected chi connectivity index (χ3v) is 2.50. The maximum absolute atomic E-state index is 11.4. The summed E-state index contributed by atoms with van der Waals surface area (Å²) >= 11 is 0. The second kappa shape index (κ2) is 2.68. The molecule has 2 unspecified atom stereocenters. The van der Waals surface area contributed by atoms with Gasteiger partial charge in [0.1, 0.15) is 12.1 Å². The number of nitrogens with zero attached hydrogens (tertiary/aromatic N) is 2. The molecule has 6 nitrogen and oxygen atoms in total. The summed E-state index contributed by atoms with van der Waals surface area (Å²) in [6, 6.07) is -1.26. The highest BCUT2D eigenvalue weighted by molar-refractivity contribution is 5.88. The Bertz CT molecular complexity index is 268. The molecule has 2 atom stereocenters. The minimum atomic E-state index is -0.954. The lowest BCUT2D eigenvalue weighted by atomic mass is 10.2. The van der Waals surface area contributed by atoms with Crippen molar-refractivity contribution in [1.29, 1.82) is 0 Å². The van der Waals surface area contributed by atoms with Gasteiger partial charge in [-0.05, 0) is 6.42 Å². The van der Waals surface area contributed by atoms with E-state index >= 15 is 0 Å². The molecule has 2 fully saturated rings. The van der Waals surface area contributed by atoms with Crippen molar-refractivity contribution >= 4 is 11.9 Å². The van der Waals surface area contributed by atoms with Gasteiger partial charge in [-0.25, -0.2) is 9.80 Å². The third-order valence-electron chi connectivity index (χ3n) is 2.50. The van der Waals surface area contributed by atoms with E-state index in [4.69, 9.17) is 10.8 Å². The van der Waals surface area contributed by atoms with Crippen molar-refractivity contribution in [3.05, 3.63) is 0 Å². The average Bonchev–Trinajstić information content (AvgIpc) is 2.55. The molecule has 2 aliphatic heterocycles. The molecule has 1 amide bonds. The van der Waals surface area contributed by atoms with Crippen molar-refractivity contribution in [3.8, 4) is 0 Å². The zero-order chi connectivity index (χ0) is 9.59. The van der Waals surface area contributed by atoms with Crippen molar-refractivity contribution in [2.45, 2.75) is 18.5 Å². The lowest BCUT2D eigenvalue weighted by molar-refractivity contribution is -0.153. The van der Waals surface area contributed by atoms with Crippen molar-refractivity contribution in [3.63, 3.8) is 0 Å². The second-order valence-electron chi connectivity index (χ2n) is 3.34. The summed E-state index contributed by atoms with van der Waals surface area (Å²) in [5.74, 6) is -1.23. The van der Waals surface area contributed by atoms with E-state index in [1.54, 1.807) is 5.01 Å². The van der Waals surface area contributed by atoms with E-state index in [1.807, 2.05) is 0 Å². The maximum atomic E-state index is 11.4. The van der Waals surface area contributed by atoms with Gasteiger partial charge in [0, 0.05) is 13.1 Å². The van der Waals surface area contributed by atoms with Gasteiger partial charge in [0.05, 0.1) is 0 Å². The first-order valence-electron chi connectivity index (χ1n) is 4.17. The van der Waals surface area contributed by atoms with E-state index in [-0.39, 0.29) is 5.91 Å². The summed E-state index contributed by atoms with van der Waals surface area (Å²) in [7, 11) is 0. The molecule has 2 rings (SSSR count). The first-order chi connectivity index (χ1) is 6.11. The largest absolute Gasteiger partial charge is 0.480 e. The number of aliphatic carboxylic acids is 1. The fraction of sp³-hybridized carbons (Fsp3) is 0.714. The average molecular weight is 185 g/mol. The molecule has 0 aliphatic carbocycles. The van der Waals surface area contributed by atoms with Crippen LogP contribution in [0, 0.1) is 0 Å². The van der Waals surface area contributed by atoms with Crippen molar-refractivity contribution in [2.75, 3.05) is 13.1 Å². The maximum Gasteiger partial charge on any atom is 0.328 e. The lowest BCUT2D eigenvalue weighted by Crippen LogP contribution is -2.44. The lowest BCUT2D eigenvalue weighted by Gasteiger charge is -2.21. The zero-order valence-corrected chi connectivity index (χ0v) is 7.01. The fourth-order valence-electron chi connectivity index (χ4n) is 1.87. The summed E-state index contributed by atoms with van der Waals surface area (Å²) in [4.78, 5) is 22.1. The Balaban J connectivity index is 2.21. The van der Waals surface area contributed by atoms with Gasteiger partial charge in [-0.15, -0.1) is 0 Å². The number of hydrazine groups is 1. The smallest absolute Gasteiger partial charge is 0.328 e. The fourth-order valence-corrected chi connectivity index (χ4v) is 1.87. The minimum Gasteiger partial charge on any atom is -0.480 e. The van der Waals surface area contributed by atoms with Crippen molar-refractivity contribution < 1.29 is 14.7 Å². The van der Waals surface area contributed by atoms with E-state index in [0.29, 0.717) is 19.5 Å². The topological polar surface area (TPSA) is 86.9 Å². The van der Waals surface area contributed by atoms with Crippen LogP contribution in [0.25, 0.3) is 0 Å². The first kappa shape index (κ1) is 8.46. The normalized spacial score (nSPS) is 33.9. The highest BCUT2D eigenvalue weighted by Gasteiger charge is 2.47. The molecule has 0 radical (unpaired) electrons. The van der Waals surface area contributed by atoms with Gasteiger partial charge in [0.15, 0.2) is 0 Å². The van der Waals surface area contributed by atoms with Gasteiger partial charge in [-0.2, -0.15) is 0 Å². The number of carbonyl (C=O) groups excluding carboxylic acids is 1. The molecule has 0 bridgehead atoms. The first-order valence-corrected chi connectivity index (χ1v) is 4.17. The molecule has 0 aromatic rings. The predicted octanol–water partition coefficient (Wildman–Crippen LogP) is -1.77. The molecule has 72 valence electrons. The number of fused-ring (bicyclic) bond motifs is 1. The molecule has 2 heterocycles. The van der Waals surface area contributed by atoms with Crippen LogP contribution in [-0.4, -0.2) is 52.2 Å². The molecule has 0 aromatic carbocycles. The summed E-state index contributed by atoms with van der Waals surface area (Å²) in [6.07, 6.45) is 0.494. The van der Waals surface area contributed by atoms with Crippen LogP contribution in [0.4, 0.5) is 0 Å². The second-order valence-corrected chi connectivity index (χ2v) is 3.34. The van der Waals surface area contributed by atoms with Crippen LogP contribution >= 0.6 is 0 Å². The van der Waals surface area contributed by atoms with Gasteiger partial charge >= 0.3 is 5.97 Å². The van der Waals surface area contributed by atoms with Gasteiger partial charge in [-0.3, -0.25) is 9.80 Å². The number of carboxylic acids is 1. The van der Waals surface area contributed by atoms with Crippen molar-refractivity contribution in [2.24, 2.45) is 5.73 Å². The molecule has 0 aromatic heterocycles. The van der Waals surface area contributed by atoms with Gasteiger partial charge in [-0.1, -0.05) is 0 Å². The highest BCUT2D eigenvalue weighted by Crippen LogP contribution is 2.24. The zero-order valence-electron chi connectivity index (χ0n) is 7.01. The van der Waals surface area contributed by atoms with Crippen LogP contribution in [-0.2, 0) is 9.59 Å². The van der Waals surface area contributed by atoms with E-state index in [0.717, 1.165) is 0 Å². The Kier molecular flexibility index (Phi) is 1.74. The Labute approximate surface area is 74.9 Å². The van der Waals surface area contributed by atoms with E-state index in [1.165, 1.54) is 5.01 Å². The Morgan fingerprint density at radius 3 is 2.92 bits per heavy atom. The third kappa shape index (κ3) is 1.10. The number of hydrogen-bond acceptors (Lipinski definition) is 4. The number of nitrogens with two attached hydrogens (primary N) is 1. The molecule has 0 saturated carbocycles. The summed E-state index contributed by atoms with van der Waals surface area (Å²) in [5, 5.41) is 11.8. The quantitative estimate of drug-likeness (QED) is 0.505. The summed E-state index contributed by atoms with van der Waals surface area (Å²) < 4.78 is 0. The molecule has 6 heteroatoms. The standard InChI is InChI=1S/C7H11N3O3/c8-4-3-9-2-1-5(7(12)13)10(9)6(4)11/h4-5H,1-3,8H2,(H,12,13). The molecule has 0 spiro atoms. The van der Waals surface area contributed by atoms with Crippen molar-refractivity contribution in [1.82, 2.24) is 10.0 Å². The monoisotopic (exact) mass is 185 g/mol. The Hall–Kier alpha value is -1.14. The van der Waals surface area contributed by atoms with E-state index in [2.05, 4.69) is 0 Å². The van der Waals surface area contributed by atoms with Crippen LogP contribution in [0.15, 0.2) is 0 Å². The molecule has 3 N–H and O–H groups in total. The van der Waals surface area contributed by atoms with E-state index in [9.17, 15) is 9.59 Å². The van der Waals surface area contributed by atoms with Crippen LogP contribution < -0.4 is 5.73 Å². The molecule has 13 heavy (non-hydrogen) atoms. The number of carboxylic acid groups (broad SMARTS) is 1. The summed E-state index contributed by atoms with van der Waals surface area (Å²) in [6.45, 7) is 1.05. The Morgan fingerprint density at radius 2 is 2.31 bits per heavy atom. The van der Waals surface area contributed by atoms with Crippen LogP contribution in [0.3, 0.4) is 0 Å². The van der Waals surface area contributed by atoms with Gasteiger partial charge in [0.2, 0.25) is 0 Å². The minimum absolute atomic E-state index is 0.273. The van der Waals surface area contributed by atoms with Crippen LogP contribution in [0.2, 0.25) is 0 Å². The van der Waals surface area contributed by atoms with Gasteiger partial charge < -0.3 is 10.8 Å². The molecule has 2 aliphatic rings. The molecular formula is C7H11N3O3. The van der Waals surface area contributed by atoms with Crippen LogP contribution in [0.1, 0.15) is 6.42 Å². The number of rotatable bonds is 1. The number of hydrogen-bond donors (Lipinski definition) is 2. The van der Waals surface area contributed by atoms with Gasteiger partial charge in [0.25, 0.3) is 5.91 Å².